The number of ether oxygens (including phenoxy) is 1. The largest absolute Gasteiger partial charge is 0.504 e. The summed E-state index contributed by atoms with van der Waals surface area (Å²) in [5, 5.41) is 13.6. The molecular weight excluding hydrogens is 326 g/mol. The molecule has 2 aromatic carbocycles. The first-order chi connectivity index (χ1) is 11.6. The summed E-state index contributed by atoms with van der Waals surface area (Å²) in [4.78, 5) is 4.43. The number of imidazole rings is 1. The Bertz CT molecular complexity index is 844. The first kappa shape index (κ1) is 16.2. The van der Waals surface area contributed by atoms with Crippen molar-refractivity contribution in [1.82, 2.24) is 9.55 Å². The van der Waals surface area contributed by atoms with E-state index >= 15 is 0 Å². The highest BCUT2D eigenvalue weighted by Crippen LogP contribution is 2.27. The van der Waals surface area contributed by atoms with Crippen LogP contribution in [0.2, 0.25) is 5.02 Å². The third kappa shape index (κ3) is 3.31. The van der Waals surface area contributed by atoms with Crippen molar-refractivity contribution in [2.45, 2.75) is 6.54 Å². The zero-order valence-corrected chi connectivity index (χ0v) is 14.2. The maximum Gasteiger partial charge on any atom is 0.203 e. The maximum atomic E-state index is 9.64. The molecule has 0 bridgehead atoms. The van der Waals surface area contributed by atoms with Crippen molar-refractivity contribution in [3.8, 4) is 22.8 Å². The molecule has 0 aliphatic carbocycles. The van der Waals surface area contributed by atoms with Crippen molar-refractivity contribution in [3.05, 3.63) is 59.2 Å². The minimum absolute atomic E-state index is 0.128. The second-order valence-electron chi connectivity index (χ2n) is 5.39. The lowest BCUT2D eigenvalue weighted by atomic mass is 10.2. The van der Waals surface area contributed by atoms with E-state index < -0.39 is 0 Å². The summed E-state index contributed by atoms with van der Waals surface area (Å²) >= 11 is 5.93. The summed E-state index contributed by atoms with van der Waals surface area (Å²) in [5.74, 6) is 1.34. The molecule has 0 fully saturated rings. The predicted octanol–water partition coefficient (Wildman–Crippen LogP) is 4.07. The van der Waals surface area contributed by atoms with Gasteiger partial charge in [-0.25, -0.2) is 4.98 Å². The van der Waals surface area contributed by atoms with E-state index in [1.165, 1.54) is 7.11 Å². The van der Waals surface area contributed by atoms with Crippen molar-refractivity contribution in [3.63, 3.8) is 0 Å². The molecule has 0 saturated heterocycles. The molecule has 6 heteroatoms. The molecule has 0 aliphatic heterocycles. The number of hydrogen-bond acceptors (Lipinski definition) is 4. The Hall–Kier alpha value is -2.66. The summed E-state index contributed by atoms with van der Waals surface area (Å²) in [5.41, 5.74) is 3.03. The fourth-order valence-corrected chi connectivity index (χ4v) is 2.60. The van der Waals surface area contributed by atoms with Crippen LogP contribution in [-0.2, 0) is 13.6 Å². The minimum Gasteiger partial charge on any atom is -0.504 e. The van der Waals surface area contributed by atoms with Crippen LogP contribution in [0.4, 0.5) is 5.95 Å². The van der Waals surface area contributed by atoms with Crippen LogP contribution >= 0.6 is 11.6 Å². The molecule has 3 aromatic rings. The van der Waals surface area contributed by atoms with E-state index in [-0.39, 0.29) is 5.75 Å². The number of nitrogens with one attached hydrogen (secondary N) is 1. The fourth-order valence-electron chi connectivity index (χ4n) is 2.48. The average molecular weight is 344 g/mol. The number of anilines is 1. The Labute approximate surface area is 145 Å². The van der Waals surface area contributed by atoms with Crippen LogP contribution in [0, 0.1) is 0 Å². The lowest BCUT2D eigenvalue weighted by Crippen LogP contribution is -2.05. The molecule has 24 heavy (non-hydrogen) atoms. The highest BCUT2D eigenvalue weighted by atomic mass is 35.5. The SMILES string of the molecule is COc1cc(CNc2ncc(-c3ccc(Cl)cc3)n2C)ccc1O. The normalized spacial score (nSPS) is 10.6. The van der Waals surface area contributed by atoms with Gasteiger partial charge in [0, 0.05) is 18.6 Å². The lowest BCUT2D eigenvalue weighted by Gasteiger charge is -2.10. The molecule has 124 valence electrons. The van der Waals surface area contributed by atoms with Gasteiger partial charge in [-0.05, 0) is 35.4 Å². The van der Waals surface area contributed by atoms with Crippen LogP contribution in [0.1, 0.15) is 5.56 Å². The maximum absolute atomic E-state index is 9.64. The number of hydrogen-bond donors (Lipinski definition) is 2. The molecule has 0 atom stereocenters. The Kier molecular flexibility index (Phi) is 4.62. The van der Waals surface area contributed by atoms with Gasteiger partial charge < -0.3 is 19.7 Å². The van der Waals surface area contributed by atoms with Crippen molar-refractivity contribution in [2.24, 2.45) is 7.05 Å². The van der Waals surface area contributed by atoms with Crippen molar-refractivity contribution >= 4 is 17.5 Å². The second kappa shape index (κ2) is 6.84. The highest BCUT2D eigenvalue weighted by molar-refractivity contribution is 6.30. The van der Waals surface area contributed by atoms with Gasteiger partial charge in [-0.1, -0.05) is 29.8 Å². The first-order valence-electron chi connectivity index (χ1n) is 7.46. The standard InChI is InChI=1S/C18H18ClN3O2/c1-22-15(13-4-6-14(19)7-5-13)11-21-18(22)20-10-12-3-8-16(23)17(9-12)24-2/h3-9,11,23H,10H2,1-2H3,(H,20,21). The minimum atomic E-state index is 0.128. The van der Waals surface area contributed by atoms with E-state index in [1.54, 1.807) is 12.1 Å². The van der Waals surface area contributed by atoms with E-state index in [1.807, 2.05) is 48.1 Å². The van der Waals surface area contributed by atoms with Gasteiger partial charge in [0.05, 0.1) is 19.0 Å². The number of benzene rings is 2. The Morgan fingerprint density at radius 2 is 1.96 bits per heavy atom. The van der Waals surface area contributed by atoms with E-state index in [2.05, 4.69) is 10.3 Å². The number of aromatic hydroxyl groups is 1. The van der Waals surface area contributed by atoms with Gasteiger partial charge in [0.25, 0.3) is 0 Å². The summed E-state index contributed by atoms with van der Waals surface area (Å²) in [7, 11) is 3.49. The third-order valence-electron chi connectivity index (χ3n) is 3.82. The van der Waals surface area contributed by atoms with Crippen molar-refractivity contribution < 1.29 is 9.84 Å². The Morgan fingerprint density at radius 1 is 1.21 bits per heavy atom. The van der Waals surface area contributed by atoms with Gasteiger partial charge in [0.15, 0.2) is 11.5 Å². The van der Waals surface area contributed by atoms with Gasteiger partial charge in [-0.2, -0.15) is 0 Å². The van der Waals surface area contributed by atoms with Gasteiger partial charge in [0.2, 0.25) is 5.95 Å². The van der Waals surface area contributed by atoms with E-state index in [0.29, 0.717) is 17.3 Å². The van der Waals surface area contributed by atoms with E-state index in [0.717, 1.165) is 22.8 Å². The number of aromatic nitrogens is 2. The first-order valence-corrected chi connectivity index (χ1v) is 7.83. The number of methoxy groups -OCH3 is 1. The molecule has 0 radical (unpaired) electrons. The third-order valence-corrected chi connectivity index (χ3v) is 4.07. The Balaban J connectivity index is 1.76. The molecule has 0 aliphatic rings. The molecular formula is C18H18ClN3O2. The number of rotatable bonds is 5. The fraction of sp³-hybridized carbons (Fsp3) is 0.167. The summed E-state index contributed by atoms with van der Waals surface area (Å²) in [6, 6.07) is 12.9. The highest BCUT2D eigenvalue weighted by Gasteiger charge is 2.09. The number of halogens is 1. The molecule has 3 rings (SSSR count). The molecule has 2 N–H and O–H groups in total. The van der Waals surface area contributed by atoms with Crippen LogP contribution in [0.5, 0.6) is 11.5 Å². The zero-order chi connectivity index (χ0) is 17.1. The second-order valence-corrected chi connectivity index (χ2v) is 5.83. The van der Waals surface area contributed by atoms with Gasteiger partial charge >= 0.3 is 0 Å². The lowest BCUT2D eigenvalue weighted by molar-refractivity contribution is 0.373. The van der Waals surface area contributed by atoms with Gasteiger partial charge in [-0.3, -0.25) is 0 Å². The molecule has 0 spiro atoms. The molecule has 5 nitrogen and oxygen atoms in total. The molecule has 0 unspecified atom stereocenters. The molecule has 0 saturated carbocycles. The van der Waals surface area contributed by atoms with E-state index in [4.69, 9.17) is 16.3 Å². The number of phenolic OH excluding ortho intramolecular Hbond substituents is 1. The Morgan fingerprint density at radius 3 is 2.67 bits per heavy atom. The zero-order valence-electron chi connectivity index (χ0n) is 13.5. The average Bonchev–Trinajstić information content (AvgIpc) is 2.96. The number of nitrogens with zero attached hydrogens (tertiary/aromatic N) is 2. The van der Waals surface area contributed by atoms with Gasteiger partial charge in [0.1, 0.15) is 0 Å². The quantitative estimate of drug-likeness (QED) is 0.733. The van der Waals surface area contributed by atoms with Crippen LogP contribution in [-0.4, -0.2) is 21.8 Å². The molecule has 0 amide bonds. The molecule has 1 aromatic heterocycles. The monoisotopic (exact) mass is 343 g/mol. The topological polar surface area (TPSA) is 59.3 Å². The van der Waals surface area contributed by atoms with E-state index in [9.17, 15) is 5.11 Å². The molecule has 1 heterocycles. The summed E-state index contributed by atoms with van der Waals surface area (Å²) in [6.45, 7) is 0.571. The number of phenols is 1. The van der Waals surface area contributed by atoms with Crippen LogP contribution in [0.3, 0.4) is 0 Å². The van der Waals surface area contributed by atoms with Crippen LogP contribution in [0.15, 0.2) is 48.7 Å². The smallest absolute Gasteiger partial charge is 0.203 e. The van der Waals surface area contributed by atoms with Crippen molar-refractivity contribution in [2.75, 3.05) is 12.4 Å². The van der Waals surface area contributed by atoms with Crippen molar-refractivity contribution in [1.29, 1.82) is 0 Å². The summed E-state index contributed by atoms with van der Waals surface area (Å²) < 4.78 is 7.11. The van der Waals surface area contributed by atoms with Crippen LogP contribution in [0.25, 0.3) is 11.3 Å². The van der Waals surface area contributed by atoms with Gasteiger partial charge in [-0.15, -0.1) is 0 Å². The van der Waals surface area contributed by atoms with Crippen LogP contribution < -0.4 is 10.1 Å². The predicted molar refractivity (Wildman–Crippen MR) is 95.6 cm³/mol. The summed E-state index contributed by atoms with van der Waals surface area (Å²) in [6.07, 6.45) is 1.82.